The van der Waals surface area contributed by atoms with Gasteiger partial charge in [-0.05, 0) is 44.1 Å². The zero-order chi connectivity index (χ0) is 13.7. The molecule has 2 rings (SSSR count). The number of amides is 1. The normalized spacial score (nSPS) is 19.2. The molecule has 0 saturated carbocycles. The third-order valence-electron chi connectivity index (χ3n) is 3.74. The summed E-state index contributed by atoms with van der Waals surface area (Å²) >= 11 is 0. The lowest BCUT2D eigenvalue weighted by atomic mass is 10.0. The van der Waals surface area contributed by atoms with Crippen LogP contribution >= 0.6 is 12.4 Å². The lowest BCUT2D eigenvalue weighted by Gasteiger charge is -2.32. The number of nitrogens with one attached hydrogen (secondary N) is 2. The SMILES string of the molecule is CNC(=O)c1cccc(CN2CCCC(NC)C2)c1.Cl. The van der Waals surface area contributed by atoms with Crippen LogP contribution < -0.4 is 10.6 Å². The summed E-state index contributed by atoms with van der Waals surface area (Å²) in [5.74, 6) is -0.0198. The second-order valence-electron chi connectivity index (χ2n) is 5.14. The summed E-state index contributed by atoms with van der Waals surface area (Å²) in [5, 5.41) is 6.02. The van der Waals surface area contributed by atoms with E-state index >= 15 is 0 Å². The smallest absolute Gasteiger partial charge is 0.251 e. The van der Waals surface area contributed by atoms with Gasteiger partial charge in [-0.2, -0.15) is 0 Å². The maximum atomic E-state index is 11.6. The summed E-state index contributed by atoms with van der Waals surface area (Å²) < 4.78 is 0. The average Bonchev–Trinajstić information content (AvgIpc) is 2.47. The van der Waals surface area contributed by atoms with Crippen LogP contribution in [0.4, 0.5) is 0 Å². The maximum absolute atomic E-state index is 11.6. The first kappa shape index (κ1) is 17.0. The van der Waals surface area contributed by atoms with Crippen molar-refractivity contribution in [2.75, 3.05) is 27.2 Å². The summed E-state index contributed by atoms with van der Waals surface area (Å²) in [4.78, 5) is 14.1. The number of hydrogen-bond donors (Lipinski definition) is 2. The third-order valence-corrected chi connectivity index (χ3v) is 3.74. The topological polar surface area (TPSA) is 44.4 Å². The van der Waals surface area contributed by atoms with Crippen molar-refractivity contribution in [3.05, 3.63) is 35.4 Å². The van der Waals surface area contributed by atoms with E-state index in [0.717, 1.165) is 25.2 Å². The zero-order valence-electron chi connectivity index (χ0n) is 12.2. The van der Waals surface area contributed by atoms with Gasteiger partial charge in [0.1, 0.15) is 0 Å². The molecule has 1 aliphatic heterocycles. The summed E-state index contributed by atoms with van der Waals surface area (Å²) in [5.41, 5.74) is 1.94. The Bertz CT molecular complexity index is 439. The van der Waals surface area contributed by atoms with Gasteiger partial charge in [-0.1, -0.05) is 12.1 Å². The Kier molecular flexibility index (Phi) is 6.99. The summed E-state index contributed by atoms with van der Waals surface area (Å²) in [6, 6.07) is 8.49. The van der Waals surface area contributed by atoms with Crippen LogP contribution in [0.5, 0.6) is 0 Å². The molecule has 1 atom stereocenters. The number of piperidine rings is 1. The lowest BCUT2D eigenvalue weighted by molar-refractivity contribution is 0.0963. The number of halogens is 1. The van der Waals surface area contributed by atoms with E-state index in [1.165, 1.54) is 18.4 Å². The van der Waals surface area contributed by atoms with Gasteiger partial charge >= 0.3 is 0 Å². The van der Waals surface area contributed by atoms with Gasteiger partial charge in [0.25, 0.3) is 5.91 Å². The number of rotatable bonds is 4. The maximum Gasteiger partial charge on any atom is 0.251 e. The van der Waals surface area contributed by atoms with Crippen molar-refractivity contribution in [1.29, 1.82) is 0 Å². The summed E-state index contributed by atoms with van der Waals surface area (Å²) in [7, 11) is 3.69. The van der Waals surface area contributed by atoms with Gasteiger partial charge in [0.05, 0.1) is 0 Å². The van der Waals surface area contributed by atoms with E-state index in [4.69, 9.17) is 0 Å². The molecule has 1 amide bonds. The molecule has 0 bridgehead atoms. The number of carbonyl (C=O) groups is 1. The van der Waals surface area contributed by atoms with Gasteiger partial charge in [0, 0.05) is 31.7 Å². The van der Waals surface area contributed by atoms with E-state index in [0.29, 0.717) is 6.04 Å². The fourth-order valence-electron chi connectivity index (χ4n) is 2.65. The molecule has 5 heteroatoms. The number of carbonyl (C=O) groups excluding carboxylic acids is 1. The highest BCUT2D eigenvalue weighted by molar-refractivity contribution is 5.94. The predicted octanol–water partition coefficient (Wildman–Crippen LogP) is 1.65. The lowest BCUT2D eigenvalue weighted by Crippen LogP contribution is -2.43. The number of hydrogen-bond acceptors (Lipinski definition) is 3. The van der Waals surface area contributed by atoms with Crippen molar-refractivity contribution in [3.63, 3.8) is 0 Å². The van der Waals surface area contributed by atoms with Crippen LogP contribution in [-0.4, -0.2) is 44.0 Å². The van der Waals surface area contributed by atoms with Crippen LogP contribution in [0.15, 0.2) is 24.3 Å². The zero-order valence-corrected chi connectivity index (χ0v) is 13.0. The second kappa shape index (κ2) is 8.25. The van der Waals surface area contributed by atoms with Crippen LogP contribution in [0.1, 0.15) is 28.8 Å². The molecule has 112 valence electrons. The first-order valence-electron chi connectivity index (χ1n) is 6.93. The van der Waals surface area contributed by atoms with Crippen molar-refractivity contribution < 1.29 is 4.79 Å². The number of benzene rings is 1. The van der Waals surface area contributed by atoms with Crippen molar-refractivity contribution in [2.24, 2.45) is 0 Å². The van der Waals surface area contributed by atoms with Gasteiger partial charge in [0.2, 0.25) is 0 Å². The Hall–Kier alpha value is -1.10. The fraction of sp³-hybridized carbons (Fsp3) is 0.533. The van der Waals surface area contributed by atoms with Gasteiger partial charge in [-0.15, -0.1) is 12.4 Å². The highest BCUT2D eigenvalue weighted by Gasteiger charge is 2.18. The first-order chi connectivity index (χ1) is 9.22. The first-order valence-corrected chi connectivity index (χ1v) is 6.93. The molecule has 20 heavy (non-hydrogen) atoms. The summed E-state index contributed by atoms with van der Waals surface area (Å²) in [6.07, 6.45) is 2.49. The molecule has 1 unspecified atom stereocenters. The molecule has 1 fully saturated rings. The average molecular weight is 298 g/mol. The fourth-order valence-corrected chi connectivity index (χ4v) is 2.65. The minimum absolute atomic E-state index is 0. The van der Waals surface area contributed by atoms with Crippen LogP contribution in [0, 0.1) is 0 Å². The highest BCUT2D eigenvalue weighted by Crippen LogP contribution is 2.14. The molecule has 1 aliphatic rings. The monoisotopic (exact) mass is 297 g/mol. The number of nitrogens with zero attached hydrogens (tertiary/aromatic N) is 1. The highest BCUT2D eigenvalue weighted by atomic mass is 35.5. The van der Waals surface area contributed by atoms with Crippen molar-refractivity contribution in [1.82, 2.24) is 15.5 Å². The van der Waals surface area contributed by atoms with E-state index in [2.05, 4.69) is 21.6 Å². The van der Waals surface area contributed by atoms with E-state index in [-0.39, 0.29) is 18.3 Å². The van der Waals surface area contributed by atoms with Crippen LogP contribution in [-0.2, 0) is 6.54 Å². The minimum Gasteiger partial charge on any atom is -0.355 e. The standard InChI is InChI=1S/C15H23N3O.ClH/c1-16-14-7-4-8-18(11-14)10-12-5-3-6-13(9-12)15(19)17-2;/h3,5-6,9,14,16H,4,7-8,10-11H2,1-2H3,(H,17,19);1H. The Balaban J connectivity index is 0.00000200. The van der Waals surface area contributed by atoms with Crippen molar-refractivity contribution >= 4 is 18.3 Å². The summed E-state index contributed by atoms with van der Waals surface area (Å²) in [6.45, 7) is 3.14. The molecule has 4 nitrogen and oxygen atoms in total. The van der Waals surface area contributed by atoms with Crippen LogP contribution in [0.3, 0.4) is 0 Å². The quantitative estimate of drug-likeness (QED) is 0.888. The van der Waals surface area contributed by atoms with E-state index in [9.17, 15) is 4.79 Å². The molecule has 0 spiro atoms. The second-order valence-corrected chi connectivity index (χ2v) is 5.14. The molecule has 1 aromatic carbocycles. The Morgan fingerprint density at radius 2 is 2.20 bits per heavy atom. The van der Waals surface area contributed by atoms with E-state index in [1.54, 1.807) is 7.05 Å². The van der Waals surface area contributed by atoms with Crippen molar-refractivity contribution in [3.8, 4) is 0 Å². The molecule has 0 aromatic heterocycles. The van der Waals surface area contributed by atoms with Crippen LogP contribution in [0.2, 0.25) is 0 Å². The Morgan fingerprint density at radius 3 is 2.90 bits per heavy atom. The number of likely N-dealkylation sites (N-methyl/N-ethyl adjacent to an activating group) is 1. The van der Waals surface area contributed by atoms with Gasteiger partial charge in [-0.25, -0.2) is 0 Å². The van der Waals surface area contributed by atoms with Crippen LogP contribution in [0.25, 0.3) is 0 Å². The molecule has 1 aromatic rings. The largest absolute Gasteiger partial charge is 0.355 e. The van der Waals surface area contributed by atoms with E-state index < -0.39 is 0 Å². The predicted molar refractivity (Wildman–Crippen MR) is 84.4 cm³/mol. The molecular formula is C15H24ClN3O. The third kappa shape index (κ3) is 4.47. The Morgan fingerprint density at radius 1 is 1.40 bits per heavy atom. The van der Waals surface area contributed by atoms with E-state index in [1.807, 2.05) is 25.2 Å². The van der Waals surface area contributed by atoms with Crippen molar-refractivity contribution in [2.45, 2.75) is 25.4 Å². The number of likely N-dealkylation sites (tertiary alicyclic amines) is 1. The van der Waals surface area contributed by atoms with Gasteiger partial charge < -0.3 is 10.6 Å². The molecule has 1 saturated heterocycles. The van der Waals surface area contributed by atoms with Gasteiger partial charge in [0.15, 0.2) is 0 Å². The molecule has 2 N–H and O–H groups in total. The molecule has 0 aliphatic carbocycles. The molecule has 1 heterocycles. The van der Waals surface area contributed by atoms with Gasteiger partial charge in [-0.3, -0.25) is 9.69 Å². The minimum atomic E-state index is -0.0198. The molecule has 0 radical (unpaired) electrons. The Labute approximate surface area is 127 Å². The molecular weight excluding hydrogens is 274 g/mol.